The number of rotatable bonds is 13. The molecule has 1 unspecified atom stereocenters. The number of halogens is 3. The quantitative estimate of drug-likeness (QED) is 0.201. The zero-order chi connectivity index (χ0) is 24.0. The number of hydrogen-bond acceptors (Lipinski definition) is 4. The van der Waals surface area contributed by atoms with E-state index in [1.807, 2.05) is 19.2 Å². The highest BCUT2D eigenvalue weighted by Gasteiger charge is 2.54. The van der Waals surface area contributed by atoms with E-state index in [0.29, 0.717) is 13.1 Å². The summed E-state index contributed by atoms with van der Waals surface area (Å²) in [4.78, 5) is 4.57. The molecule has 1 aliphatic carbocycles. The van der Waals surface area contributed by atoms with Crippen molar-refractivity contribution in [2.45, 2.75) is 51.7 Å². The molecule has 0 aliphatic heterocycles. The van der Waals surface area contributed by atoms with Crippen molar-refractivity contribution in [3.63, 3.8) is 0 Å². The Hall–Kier alpha value is -2.38. The fourth-order valence-electron chi connectivity index (χ4n) is 3.43. The first-order chi connectivity index (χ1) is 15.3. The third-order valence-corrected chi connectivity index (χ3v) is 5.13. The molecule has 7 heteroatoms. The summed E-state index contributed by atoms with van der Waals surface area (Å²) in [5.41, 5.74) is 1.23. The lowest BCUT2D eigenvalue weighted by Gasteiger charge is -2.35. The maximum absolute atomic E-state index is 13.9. The van der Waals surface area contributed by atoms with Crippen molar-refractivity contribution in [3.05, 3.63) is 71.7 Å². The largest absolute Gasteiger partial charge is 0.419 e. The molecule has 1 rings (SSSR count). The van der Waals surface area contributed by atoms with Crippen LogP contribution < -0.4 is 16.0 Å². The second-order valence-electron chi connectivity index (χ2n) is 7.52. The van der Waals surface area contributed by atoms with Gasteiger partial charge in [0, 0.05) is 25.8 Å². The Morgan fingerprint density at radius 2 is 2.03 bits per heavy atom. The number of hydrogen-bond donors (Lipinski definition) is 3. The van der Waals surface area contributed by atoms with Crippen LogP contribution in [0, 0.1) is 0 Å². The van der Waals surface area contributed by atoms with Gasteiger partial charge in [-0.3, -0.25) is 4.99 Å². The summed E-state index contributed by atoms with van der Waals surface area (Å²) in [6.07, 6.45) is 11.9. The van der Waals surface area contributed by atoms with Crippen LogP contribution in [0.1, 0.15) is 40.0 Å². The second kappa shape index (κ2) is 13.9. The summed E-state index contributed by atoms with van der Waals surface area (Å²) < 4.78 is 41.6. The normalized spacial score (nSPS) is 18.0. The number of nitrogens with zero attached hydrogens (tertiary/aromatic N) is 1. The third kappa shape index (κ3) is 7.95. The van der Waals surface area contributed by atoms with Crippen LogP contribution in [-0.4, -0.2) is 44.6 Å². The van der Waals surface area contributed by atoms with Gasteiger partial charge in [0.15, 0.2) is 5.54 Å². The van der Waals surface area contributed by atoms with Crippen molar-refractivity contribution in [1.82, 2.24) is 16.0 Å². The number of aliphatic imine (C=N–C) groups is 1. The number of likely N-dealkylation sites (N-methyl/N-ethyl adjacent to an activating group) is 1. The third-order valence-electron chi connectivity index (χ3n) is 5.13. The molecule has 0 saturated heterocycles. The van der Waals surface area contributed by atoms with E-state index >= 15 is 0 Å². The van der Waals surface area contributed by atoms with Crippen LogP contribution in [0.15, 0.2) is 76.6 Å². The van der Waals surface area contributed by atoms with Crippen molar-refractivity contribution in [3.8, 4) is 0 Å². The lowest BCUT2D eigenvalue weighted by atomic mass is 9.88. The summed E-state index contributed by atoms with van der Waals surface area (Å²) >= 11 is 0. The molecule has 4 nitrogen and oxygen atoms in total. The van der Waals surface area contributed by atoms with Crippen LogP contribution in [-0.2, 0) is 0 Å². The minimum Gasteiger partial charge on any atom is -0.371 e. The van der Waals surface area contributed by atoms with Gasteiger partial charge in [0.1, 0.15) is 0 Å². The average Bonchev–Trinajstić information content (AvgIpc) is 2.75. The fourth-order valence-corrected chi connectivity index (χ4v) is 3.43. The minimum absolute atomic E-state index is 0.0947. The van der Waals surface area contributed by atoms with E-state index in [0.717, 1.165) is 31.0 Å². The monoisotopic (exact) mass is 450 g/mol. The Morgan fingerprint density at radius 1 is 1.28 bits per heavy atom. The first-order valence-electron chi connectivity index (χ1n) is 11.0. The van der Waals surface area contributed by atoms with Crippen molar-refractivity contribution < 1.29 is 13.2 Å². The van der Waals surface area contributed by atoms with E-state index < -0.39 is 11.7 Å². The summed E-state index contributed by atoms with van der Waals surface area (Å²) in [7, 11) is 1.61. The summed E-state index contributed by atoms with van der Waals surface area (Å²) in [5, 5.41) is 8.50. The Bertz CT molecular complexity index is 785. The Kier molecular flexibility index (Phi) is 12.0. The number of nitrogens with one attached hydrogen (secondary N) is 3. The molecular weight excluding hydrogens is 413 g/mol. The minimum atomic E-state index is -4.53. The maximum atomic E-state index is 13.9. The summed E-state index contributed by atoms with van der Waals surface area (Å²) in [6.45, 7) is 10.2. The second-order valence-corrected chi connectivity index (χ2v) is 7.52. The van der Waals surface area contributed by atoms with E-state index in [9.17, 15) is 13.2 Å². The van der Waals surface area contributed by atoms with E-state index in [-0.39, 0.29) is 12.1 Å². The molecule has 0 heterocycles. The molecule has 178 valence electrons. The molecule has 0 amide bonds. The number of allylic oxidation sites excluding steroid dienone is 5. The summed E-state index contributed by atoms with van der Waals surface area (Å²) in [6, 6.07) is 0. The molecule has 0 saturated carbocycles. The molecule has 1 atom stereocenters. The van der Waals surface area contributed by atoms with Crippen LogP contribution in [0.25, 0.3) is 0 Å². The molecule has 0 bridgehead atoms. The van der Waals surface area contributed by atoms with Crippen molar-refractivity contribution in [1.29, 1.82) is 0 Å². The lowest BCUT2D eigenvalue weighted by molar-refractivity contribution is -0.168. The number of alkyl halides is 3. The van der Waals surface area contributed by atoms with Gasteiger partial charge in [0.25, 0.3) is 0 Å². The van der Waals surface area contributed by atoms with E-state index in [1.165, 1.54) is 23.4 Å². The van der Waals surface area contributed by atoms with Crippen molar-refractivity contribution >= 4 is 6.21 Å². The van der Waals surface area contributed by atoms with Crippen LogP contribution in [0.2, 0.25) is 0 Å². The van der Waals surface area contributed by atoms with Crippen molar-refractivity contribution in [2.75, 3.05) is 26.7 Å². The molecule has 0 radical (unpaired) electrons. The molecule has 3 N–H and O–H groups in total. The van der Waals surface area contributed by atoms with E-state index in [2.05, 4.69) is 46.6 Å². The highest BCUT2D eigenvalue weighted by Crippen LogP contribution is 2.37. The maximum Gasteiger partial charge on any atom is 0.419 e. The Balaban J connectivity index is 2.78. The van der Waals surface area contributed by atoms with Crippen LogP contribution in [0.5, 0.6) is 0 Å². The van der Waals surface area contributed by atoms with Gasteiger partial charge in [0.2, 0.25) is 0 Å². The van der Waals surface area contributed by atoms with Gasteiger partial charge < -0.3 is 16.0 Å². The molecule has 0 fully saturated rings. The van der Waals surface area contributed by atoms with Gasteiger partial charge >= 0.3 is 6.18 Å². The van der Waals surface area contributed by atoms with Crippen LogP contribution in [0.4, 0.5) is 13.2 Å². The zero-order valence-corrected chi connectivity index (χ0v) is 19.6. The molecule has 0 aromatic carbocycles. The highest BCUT2D eigenvalue weighted by molar-refractivity contribution is 5.60. The average molecular weight is 451 g/mol. The predicted octanol–water partition coefficient (Wildman–Crippen LogP) is 5.36. The molecule has 0 aromatic heterocycles. The molecule has 32 heavy (non-hydrogen) atoms. The predicted molar refractivity (Wildman–Crippen MR) is 130 cm³/mol. The Morgan fingerprint density at radius 3 is 2.59 bits per heavy atom. The SMILES string of the molecule is C=CC(N/C=C\CNC/C=C(\N=C/CC)C1=CC(C)=CCC1)(/C(=C/C)CNC)C(F)(F)F. The highest BCUT2D eigenvalue weighted by atomic mass is 19.4. The molecule has 0 spiro atoms. The van der Waals surface area contributed by atoms with Crippen molar-refractivity contribution in [2.24, 2.45) is 4.99 Å². The van der Waals surface area contributed by atoms with E-state index in [1.54, 1.807) is 20.0 Å². The standard InChI is InChI=1S/C25H37F3N4/c1-6-14-31-23(21-12-9-11-20(4)18-21)13-17-30-15-10-16-32-24(8-3,25(26,27)28)22(7-2)19-29-5/h7-8,10-11,13-14,16,18,29-30,32H,3,6,9,12,15,17,19H2,1-2,4-5H3/b16-10-,22-7+,23-13-,31-14-. The van der Waals surface area contributed by atoms with E-state index in [4.69, 9.17) is 0 Å². The Labute approximate surface area is 190 Å². The van der Waals surface area contributed by atoms with Gasteiger partial charge in [0.05, 0.1) is 5.70 Å². The zero-order valence-electron chi connectivity index (χ0n) is 19.6. The lowest BCUT2D eigenvalue weighted by Crippen LogP contribution is -2.56. The molecule has 1 aliphatic rings. The van der Waals surface area contributed by atoms with Crippen LogP contribution in [0.3, 0.4) is 0 Å². The smallest absolute Gasteiger partial charge is 0.371 e. The van der Waals surface area contributed by atoms with Gasteiger partial charge in [-0.2, -0.15) is 13.2 Å². The summed E-state index contributed by atoms with van der Waals surface area (Å²) in [5.74, 6) is 0. The molecule has 0 aromatic rings. The fraction of sp³-hybridized carbons (Fsp3) is 0.480. The topological polar surface area (TPSA) is 48.5 Å². The van der Waals surface area contributed by atoms with Gasteiger partial charge in [-0.05, 0) is 63.6 Å². The first kappa shape index (κ1) is 27.7. The van der Waals surface area contributed by atoms with Gasteiger partial charge in [-0.15, -0.1) is 6.58 Å². The van der Waals surface area contributed by atoms with Gasteiger partial charge in [-0.25, -0.2) is 0 Å². The van der Waals surface area contributed by atoms with Crippen LogP contribution >= 0.6 is 0 Å². The first-order valence-corrected chi connectivity index (χ1v) is 11.0. The molecular formula is C25H37F3N4. The van der Waals surface area contributed by atoms with Gasteiger partial charge in [-0.1, -0.05) is 42.9 Å².